The Kier molecular flexibility index (Phi) is 4.75. The van der Waals surface area contributed by atoms with E-state index in [0.29, 0.717) is 18.0 Å². The Balaban J connectivity index is 1.73. The van der Waals surface area contributed by atoms with Crippen LogP contribution in [0.25, 0.3) is 0 Å². The molecule has 2 aliphatic carbocycles. The molecule has 2 saturated carbocycles. The van der Waals surface area contributed by atoms with Gasteiger partial charge in [-0.25, -0.2) is 4.39 Å². The van der Waals surface area contributed by atoms with Crippen molar-refractivity contribution in [3.05, 3.63) is 12.4 Å². The van der Waals surface area contributed by atoms with E-state index in [1.165, 1.54) is 25.7 Å². The number of Topliss-reactive ketones (excluding diaryl/α,β-unsaturated/α-hetero) is 1. The molecule has 0 aromatic heterocycles. The van der Waals surface area contributed by atoms with Gasteiger partial charge in [0.1, 0.15) is 5.78 Å². The van der Waals surface area contributed by atoms with Gasteiger partial charge in [-0.05, 0) is 62.7 Å². The van der Waals surface area contributed by atoms with Gasteiger partial charge < -0.3 is 0 Å². The molecule has 0 heterocycles. The molecule has 2 heteroatoms. The lowest BCUT2D eigenvalue weighted by atomic mass is 9.70. The molecule has 2 fully saturated rings. The van der Waals surface area contributed by atoms with E-state index < -0.39 is 0 Å². The van der Waals surface area contributed by atoms with E-state index in [1.54, 1.807) is 6.08 Å². The Morgan fingerprint density at radius 2 is 1.59 bits per heavy atom. The molecule has 0 saturated heterocycles. The van der Waals surface area contributed by atoms with E-state index in [0.717, 1.165) is 43.9 Å². The second-order valence-electron chi connectivity index (χ2n) is 5.75. The molecule has 0 unspecified atom stereocenters. The number of allylic oxidation sites excluding steroid dienone is 1. The van der Waals surface area contributed by atoms with Gasteiger partial charge in [-0.1, -0.05) is 6.08 Å². The topological polar surface area (TPSA) is 17.1 Å². The van der Waals surface area contributed by atoms with Crippen LogP contribution < -0.4 is 0 Å². The summed E-state index contributed by atoms with van der Waals surface area (Å²) in [5.41, 5.74) is 0. The van der Waals surface area contributed by atoms with Crippen LogP contribution in [-0.4, -0.2) is 5.78 Å². The first-order valence-electron chi connectivity index (χ1n) is 7.06. The first-order valence-corrected chi connectivity index (χ1v) is 7.06. The summed E-state index contributed by atoms with van der Waals surface area (Å²) in [5, 5.41) is 0. The van der Waals surface area contributed by atoms with Gasteiger partial charge in [0.15, 0.2) is 0 Å². The SMILES string of the molecule is O=C1CCC(C2CCC(CC=CF)CC2)CC1. The van der Waals surface area contributed by atoms with Crippen molar-refractivity contribution < 1.29 is 9.18 Å². The number of halogens is 1. The van der Waals surface area contributed by atoms with Crippen LogP contribution in [0, 0.1) is 17.8 Å². The number of hydrogen-bond acceptors (Lipinski definition) is 1. The normalized spacial score (nSPS) is 32.2. The quantitative estimate of drug-likeness (QED) is 0.711. The van der Waals surface area contributed by atoms with E-state index in [2.05, 4.69) is 0 Å². The second kappa shape index (κ2) is 6.32. The largest absolute Gasteiger partial charge is 0.300 e. The zero-order valence-electron chi connectivity index (χ0n) is 10.5. The summed E-state index contributed by atoms with van der Waals surface area (Å²) in [6.45, 7) is 0. The minimum atomic E-state index is 0.461. The summed E-state index contributed by atoms with van der Waals surface area (Å²) in [6, 6.07) is 0. The van der Waals surface area contributed by atoms with Crippen LogP contribution >= 0.6 is 0 Å². The number of carbonyl (C=O) groups is 1. The highest BCUT2D eigenvalue weighted by Crippen LogP contribution is 2.40. The maximum atomic E-state index is 11.9. The van der Waals surface area contributed by atoms with Crippen molar-refractivity contribution in [3.63, 3.8) is 0 Å². The standard InChI is InChI=1S/C15H23FO/c16-11-1-2-12-3-5-13(6-4-12)14-7-9-15(17)10-8-14/h1,11-14H,2-10H2. The van der Waals surface area contributed by atoms with Gasteiger partial charge in [0.2, 0.25) is 0 Å². The molecule has 17 heavy (non-hydrogen) atoms. The zero-order valence-corrected chi connectivity index (χ0v) is 10.5. The van der Waals surface area contributed by atoms with Crippen LogP contribution in [-0.2, 0) is 4.79 Å². The molecule has 0 bridgehead atoms. The molecule has 2 aliphatic rings. The van der Waals surface area contributed by atoms with Gasteiger partial charge in [-0.15, -0.1) is 0 Å². The molecule has 0 aromatic carbocycles. The highest BCUT2D eigenvalue weighted by Gasteiger charge is 2.29. The fourth-order valence-corrected chi connectivity index (χ4v) is 3.57. The van der Waals surface area contributed by atoms with Gasteiger partial charge in [-0.3, -0.25) is 4.79 Å². The van der Waals surface area contributed by atoms with Crippen LogP contribution in [0.4, 0.5) is 4.39 Å². The maximum absolute atomic E-state index is 11.9. The minimum Gasteiger partial charge on any atom is -0.300 e. The second-order valence-corrected chi connectivity index (χ2v) is 5.75. The van der Waals surface area contributed by atoms with Gasteiger partial charge in [0, 0.05) is 12.8 Å². The summed E-state index contributed by atoms with van der Waals surface area (Å²) in [4.78, 5) is 11.2. The average Bonchev–Trinajstić information content (AvgIpc) is 2.38. The molecule has 0 aliphatic heterocycles. The number of rotatable bonds is 3. The van der Waals surface area contributed by atoms with Crippen molar-refractivity contribution in [1.82, 2.24) is 0 Å². The third kappa shape index (κ3) is 3.65. The van der Waals surface area contributed by atoms with Gasteiger partial charge in [0.25, 0.3) is 0 Å². The van der Waals surface area contributed by atoms with Gasteiger partial charge >= 0.3 is 0 Å². The van der Waals surface area contributed by atoms with Crippen molar-refractivity contribution in [3.8, 4) is 0 Å². The first kappa shape index (κ1) is 12.8. The van der Waals surface area contributed by atoms with Crippen LogP contribution in [0.2, 0.25) is 0 Å². The highest BCUT2D eigenvalue weighted by atomic mass is 19.1. The van der Waals surface area contributed by atoms with Crippen LogP contribution in [0.1, 0.15) is 57.8 Å². The summed E-state index contributed by atoms with van der Waals surface area (Å²) in [6.07, 6.45) is 12.2. The lowest BCUT2D eigenvalue weighted by Crippen LogP contribution is -2.25. The Bertz CT molecular complexity index is 267. The highest BCUT2D eigenvalue weighted by molar-refractivity contribution is 5.79. The summed E-state index contributed by atoms with van der Waals surface area (Å²) in [7, 11) is 0. The fraction of sp³-hybridized carbons (Fsp3) is 0.800. The molecule has 96 valence electrons. The van der Waals surface area contributed by atoms with E-state index in [9.17, 15) is 9.18 Å². The van der Waals surface area contributed by atoms with Gasteiger partial charge in [-0.2, -0.15) is 0 Å². The zero-order chi connectivity index (χ0) is 12.1. The van der Waals surface area contributed by atoms with Crippen LogP contribution in [0.5, 0.6) is 0 Å². The van der Waals surface area contributed by atoms with E-state index in [-0.39, 0.29) is 0 Å². The lowest BCUT2D eigenvalue weighted by Gasteiger charge is -2.35. The van der Waals surface area contributed by atoms with Crippen LogP contribution in [0.3, 0.4) is 0 Å². The maximum Gasteiger partial charge on any atom is 0.132 e. The van der Waals surface area contributed by atoms with E-state index >= 15 is 0 Å². The Morgan fingerprint density at radius 3 is 2.18 bits per heavy atom. The Labute approximate surface area is 103 Å². The van der Waals surface area contributed by atoms with E-state index in [1.807, 2.05) is 0 Å². The van der Waals surface area contributed by atoms with Crippen molar-refractivity contribution in [1.29, 1.82) is 0 Å². The van der Waals surface area contributed by atoms with Crippen LogP contribution in [0.15, 0.2) is 12.4 Å². The molecular weight excluding hydrogens is 215 g/mol. The molecule has 0 N–H and O–H groups in total. The predicted octanol–water partition coefficient (Wildman–Crippen LogP) is 4.43. The third-order valence-corrected chi connectivity index (χ3v) is 4.70. The van der Waals surface area contributed by atoms with Crippen molar-refractivity contribution in [2.75, 3.05) is 0 Å². The molecule has 0 radical (unpaired) electrons. The average molecular weight is 238 g/mol. The molecule has 0 amide bonds. The minimum absolute atomic E-state index is 0.461. The monoisotopic (exact) mass is 238 g/mol. The summed E-state index contributed by atoms with van der Waals surface area (Å²) in [5.74, 6) is 2.80. The molecular formula is C15H23FO. The molecule has 1 nitrogen and oxygen atoms in total. The summed E-state index contributed by atoms with van der Waals surface area (Å²) >= 11 is 0. The fourth-order valence-electron chi connectivity index (χ4n) is 3.57. The van der Waals surface area contributed by atoms with Crippen molar-refractivity contribution >= 4 is 5.78 Å². The Morgan fingerprint density at radius 1 is 1.00 bits per heavy atom. The van der Waals surface area contributed by atoms with Crippen molar-refractivity contribution in [2.45, 2.75) is 57.8 Å². The predicted molar refractivity (Wildman–Crippen MR) is 67.3 cm³/mol. The number of carbonyl (C=O) groups excluding carboxylic acids is 1. The first-order chi connectivity index (χ1) is 8.29. The molecule has 0 spiro atoms. The lowest BCUT2D eigenvalue weighted by molar-refractivity contribution is -0.121. The van der Waals surface area contributed by atoms with E-state index in [4.69, 9.17) is 0 Å². The molecule has 0 atom stereocenters. The third-order valence-electron chi connectivity index (χ3n) is 4.70. The smallest absolute Gasteiger partial charge is 0.132 e. The van der Waals surface area contributed by atoms with Gasteiger partial charge in [0.05, 0.1) is 6.33 Å². The number of ketones is 1. The molecule has 0 aromatic rings. The number of hydrogen-bond donors (Lipinski definition) is 0. The Hall–Kier alpha value is -0.660. The summed E-state index contributed by atoms with van der Waals surface area (Å²) < 4.78 is 11.9. The molecule has 2 rings (SSSR count). The van der Waals surface area contributed by atoms with Crippen molar-refractivity contribution in [2.24, 2.45) is 17.8 Å².